The number of carboxylic acid groups (broad SMARTS) is 1. The minimum absolute atomic E-state index is 0.0162. The fraction of sp³-hybridized carbons (Fsp3) is 0.500. The van der Waals surface area contributed by atoms with E-state index < -0.39 is 5.97 Å². The smallest absolute Gasteiger partial charge is 0.317 e. The normalized spacial score (nSPS) is 16.2. The molecule has 0 aromatic heterocycles. The minimum atomic E-state index is -0.829. The molecule has 2 rings (SSSR count). The standard InChI is InChI=1S/C14H17BrFNO2/c15-12-6-5-10(7-13(12)16)8-17(9-14(18)19)11-3-1-2-4-11/h5-7,11H,1-4,8-9H2,(H,18,19). The predicted molar refractivity (Wildman–Crippen MR) is 74.4 cm³/mol. The Hall–Kier alpha value is -0.940. The summed E-state index contributed by atoms with van der Waals surface area (Å²) in [7, 11) is 0. The Labute approximate surface area is 120 Å². The predicted octanol–water partition coefficient (Wildman–Crippen LogP) is 3.42. The highest BCUT2D eigenvalue weighted by molar-refractivity contribution is 9.10. The third-order valence-electron chi connectivity index (χ3n) is 3.55. The summed E-state index contributed by atoms with van der Waals surface area (Å²) in [5, 5.41) is 9.00. The zero-order valence-corrected chi connectivity index (χ0v) is 12.2. The van der Waals surface area contributed by atoms with Crippen LogP contribution in [0.2, 0.25) is 0 Å². The highest BCUT2D eigenvalue weighted by atomic mass is 79.9. The molecule has 1 N–H and O–H groups in total. The molecule has 1 saturated carbocycles. The molecule has 1 aromatic rings. The molecule has 0 saturated heterocycles. The van der Waals surface area contributed by atoms with Gasteiger partial charge in [-0.3, -0.25) is 9.69 Å². The van der Waals surface area contributed by atoms with E-state index in [2.05, 4.69) is 15.9 Å². The molecule has 0 unspecified atom stereocenters. The van der Waals surface area contributed by atoms with Crippen molar-refractivity contribution < 1.29 is 14.3 Å². The number of carboxylic acids is 1. The second kappa shape index (κ2) is 6.48. The largest absolute Gasteiger partial charge is 0.480 e. The maximum absolute atomic E-state index is 13.5. The SMILES string of the molecule is O=C(O)CN(Cc1ccc(Br)c(F)c1)C1CCCC1. The molecule has 5 heteroatoms. The Morgan fingerprint density at radius 1 is 1.42 bits per heavy atom. The third-order valence-corrected chi connectivity index (χ3v) is 4.19. The molecule has 1 aliphatic rings. The molecule has 1 aliphatic carbocycles. The van der Waals surface area contributed by atoms with Gasteiger partial charge in [0, 0.05) is 12.6 Å². The summed E-state index contributed by atoms with van der Waals surface area (Å²) in [6.45, 7) is 0.503. The molecular weight excluding hydrogens is 313 g/mol. The van der Waals surface area contributed by atoms with Crippen molar-refractivity contribution in [3.63, 3.8) is 0 Å². The number of hydrogen-bond donors (Lipinski definition) is 1. The number of carbonyl (C=O) groups is 1. The van der Waals surface area contributed by atoms with Crippen LogP contribution in [0.4, 0.5) is 4.39 Å². The van der Waals surface area contributed by atoms with Gasteiger partial charge in [0.15, 0.2) is 0 Å². The molecule has 0 aliphatic heterocycles. The van der Waals surface area contributed by atoms with Crippen LogP contribution in [0.3, 0.4) is 0 Å². The number of rotatable bonds is 5. The van der Waals surface area contributed by atoms with Crippen molar-refractivity contribution in [1.29, 1.82) is 0 Å². The van der Waals surface area contributed by atoms with E-state index in [1.807, 2.05) is 11.0 Å². The van der Waals surface area contributed by atoms with Gasteiger partial charge in [-0.05, 0) is 46.5 Å². The van der Waals surface area contributed by atoms with E-state index in [0.717, 1.165) is 31.2 Å². The first-order valence-corrected chi connectivity index (χ1v) is 7.25. The highest BCUT2D eigenvalue weighted by Gasteiger charge is 2.24. The van der Waals surface area contributed by atoms with Crippen LogP contribution in [0.25, 0.3) is 0 Å². The van der Waals surface area contributed by atoms with E-state index >= 15 is 0 Å². The van der Waals surface area contributed by atoms with Gasteiger partial charge in [-0.25, -0.2) is 4.39 Å². The molecule has 3 nitrogen and oxygen atoms in total. The summed E-state index contributed by atoms with van der Waals surface area (Å²) >= 11 is 3.12. The molecule has 0 heterocycles. The summed E-state index contributed by atoms with van der Waals surface area (Å²) in [5.41, 5.74) is 0.814. The van der Waals surface area contributed by atoms with Crippen molar-refractivity contribution in [3.05, 3.63) is 34.1 Å². The second-order valence-electron chi connectivity index (χ2n) is 4.99. The van der Waals surface area contributed by atoms with E-state index in [1.165, 1.54) is 6.07 Å². The average molecular weight is 330 g/mol. The van der Waals surface area contributed by atoms with E-state index in [1.54, 1.807) is 6.07 Å². The van der Waals surface area contributed by atoms with Gasteiger partial charge < -0.3 is 5.11 Å². The number of nitrogens with zero attached hydrogens (tertiary/aromatic N) is 1. The number of benzene rings is 1. The topological polar surface area (TPSA) is 40.5 Å². The minimum Gasteiger partial charge on any atom is -0.480 e. The third kappa shape index (κ3) is 4.01. The lowest BCUT2D eigenvalue weighted by Crippen LogP contribution is -2.37. The van der Waals surface area contributed by atoms with E-state index in [9.17, 15) is 9.18 Å². The van der Waals surface area contributed by atoms with Gasteiger partial charge in [0.25, 0.3) is 0 Å². The van der Waals surface area contributed by atoms with Gasteiger partial charge in [-0.1, -0.05) is 18.9 Å². The zero-order valence-electron chi connectivity index (χ0n) is 10.6. The van der Waals surface area contributed by atoms with Gasteiger partial charge in [-0.2, -0.15) is 0 Å². The van der Waals surface area contributed by atoms with Gasteiger partial charge in [0.05, 0.1) is 11.0 Å². The Bertz CT molecular complexity index is 461. The Balaban J connectivity index is 2.09. The summed E-state index contributed by atoms with van der Waals surface area (Å²) in [6.07, 6.45) is 4.36. The van der Waals surface area contributed by atoms with Crippen LogP contribution >= 0.6 is 15.9 Å². The van der Waals surface area contributed by atoms with Gasteiger partial charge >= 0.3 is 5.97 Å². The summed E-state index contributed by atoms with van der Waals surface area (Å²) < 4.78 is 13.9. The fourth-order valence-electron chi connectivity index (χ4n) is 2.63. The average Bonchev–Trinajstić information content (AvgIpc) is 2.86. The molecule has 104 valence electrons. The van der Waals surface area contributed by atoms with E-state index in [0.29, 0.717) is 17.1 Å². The van der Waals surface area contributed by atoms with Crippen LogP contribution in [0.1, 0.15) is 31.2 Å². The Morgan fingerprint density at radius 2 is 2.11 bits per heavy atom. The molecule has 19 heavy (non-hydrogen) atoms. The van der Waals surface area contributed by atoms with Crippen LogP contribution < -0.4 is 0 Å². The van der Waals surface area contributed by atoms with Crippen molar-refractivity contribution in [1.82, 2.24) is 4.90 Å². The van der Waals surface area contributed by atoms with Crippen LogP contribution in [-0.2, 0) is 11.3 Å². The van der Waals surface area contributed by atoms with Crippen LogP contribution in [0.15, 0.2) is 22.7 Å². The molecular formula is C14H17BrFNO2. The lowest BCUT2D eigenvalue weighted by molar-refractivity contribution is -0.139. The summed E-state index contributed by atoms with van der Waals surface area (Å²) in [6, 6.07) is 5.27. The van der Waals surface area contributed by atoms with Gasteiger partial charge in [0.1, 0.15) is 5.82 Å². The van der Waals surface area contributed by atoms with Crippen LogP contribution in [-0.4, -0.2) is 28.6 Å². The zero-order chi connectivity index (χ0) is 13.8. The molecule has 0 bridgehead atoms. The van der Waals surface area contributed by atoms with Crippen molar-refractivity contribution in [3.8, 4) is 0 Å². The molecule has 0 atom stereocenters. The Morgan fingerprint density at radius 3 is 2.68 bits per heavy atom. The molecule has 1 fully saturated rings. The van der Waals surface area contributed by atoms with E-state index in [4.69, 9.17) is 5.11 Å². The second-order valence-corrected chi connectivity index (χ2v) is 5.84. The van der Waals surface area contributed by atoms with E-state index in [-0.39, 0.29) is 12.4 Å². The number of hydrogen-bond acceptors (Lipinski definition) is 2. The van der Waals surface area contributed by atoms with Gasteiger partial charge in [-0.15, -0.1) is 0 Å². The lowest BCUT2D eigenvalue weighted by atomic mass is 10.1. The quantitative estimate of drug-likeness (QED) is 0.899. The van der Waals surface area contributed by atoms with Gasteiger partial charge in [0.2, 0.25) is 0 Å². The molecule has 0 spiro atoms. The monoisotopic (exact) mass is 329 g/mol. The summed E-state index contributed by atoms with van der Waals surface area (Å²) in [5.74, 6) is -1.14. The maximum Gasteiger partial charge on any atom is 0.317 e. The summed E-state index contributed by atoms with van der Waals surface area (Å²) in [4.78, 5) is 12.9. The highest BCUT2D eigenvalue weighted by Crippen LogP contribution is 2.25. The molecule has 0 radical (unpaired) electrons. The van der Waals surface area contributed by atoms with Crippen molar-refractivity contribution in [2.24, 2.45) is 0 Å². The van der Waals surface area contributed by atoms with Crippen LogP contribution in [0, 0.1) is 5.82 Å². The first-order chi connectivity index (χ1) is 9.06. The van der Waals surface area contributed by atoms with Crippen molar-refractivity contribution >= 4 is 21.9 Å². The Kier molecular flexibility index (Phi) is 4.93. The first kappa shape index (κ1) is 14.5. The lowest BCUT2D eigenvalue weighted by Gasteiger charge is -2.27. The molecule has 0 amide bonds. The maximum atomic E-state index is 13.5. The van der Waals surface area contributed by atoms with Crippen molar-refractivity contribution in [2.75, 3.05) is 6.54 Å². The van der Waals surface area contributed by atoms with Crippen molar-refractivity contribution in [2.45, 2.75) is 38.3 Å². The fourth-order valence-corrected chi connectivity index (χ4v) is 2.88. The first-order valence-electron chi connectivity index (χ1n) is 6.46. The van der Waals surface area contributed by atoms with Crippen LogP contribution in [0.5, 0.6) is 0 Å². The number of aliphatic carboxylic acids is 1. The number of halogens is 2. The molecule has 1 aromatic carbocycles.